The number of hydrogen-bond donors (Lipinski definition) is 1. The summed E-state index contributed by atoms with van der Waals surface area (Å²) in [6, 6.07) is 0. The molecule has 3 fully saturated rings. The standard InChI is InChI=1S/C9H14O4S/c1-9(2)5-3-6(9)8(10)7(4-5)14(11,12)13/h5-7H,3-4H2,1-2H3,(H,11,12,13)/t5-,6+,7-/m1/s1. The molecule has 14 heavy (non-hydrogen) atoms. The van der Waals surface area contributed by atoms with Crippen molar-refractivity contribution < 1.29 is 17.8 Å². The molecule has 0 radical (unpaired) electrons. The Balaban J connectivity index is 2.29. The van der Waals surface area contributed by atoms with E-state index in [-0.39, 0.29) is 23.0 Å². The van der Waals surface area contributed by atoms with Crippen molar-refractivity contribution in [2.45, 2.75) is 31.9 Å². The lowest BCUT2D eigenvalue weighted by Crippen LogP contribution is -2.59. The zero-order chi connectivity index (χ0) is 10.7. The van der Waals surface area contributed by atoms with Gasteiger partial charge in [0.05, 0.1) is 0 Å². The molecule has 3 saturated carbocycles. The summed E-state index contributed by atoms with van der Waals surface area (Å²) < 4.78 is 30.7. The molecule has 80 valence electrons. The van der Waals surface area contributed by atoms with Crippen molar-refractivity contribution in [1.82, 2.24) is 0 Å². The van der Waals surface area contributed by atoms with Gasteiger partial charge in [0.2, 0.25) is 0 Å². The van der Waals surface area contributed by atoms with E-state index in [2.05, 4.69) is 0 Å². The van der Waals surface area contributed by atoms with Crippen molar-refractivity contribution in [3.63, 3.8) is 0 Å². The molecule has 0 unspecified atom stereocenters. The second kappa shape index (κ2) is 2.58. The maximum atomic E-state index is 11.7. The summed E-state index contributed by atoms with van der Waals surface area (Å²) in [5.74, 6) is -0.203. The van der Waals surface area contributed by atoms with Gasteiger partial charge >= 0.3 is 0 Å². The van der Waals surface area contributed by atoms with Crippen LogP contribution in [-0.4, -0.2) is 24.0 Å². The predicted molar refractivity (Wildman–Crippen MR) is 50.3 cm³/mol. The van der Waals surface area contributed by atoms with Gasteiger partial charge in [-0.2, -0.15) is 8.42 Å². The number of ketones is 1. The maximum Gasteiger partial charge on any atom is 0.275 e. The molecular formula is C9H14O4S. The molecule has 3 atom stereocenters. The summed E-state index contributed by atoms with van der Waals surface area (Å²) in [5.41, 5.74) is -0.0712. The first-order chi connectivity index (χ1) is 6.24. The van der Waals surface area contributed by atoms with E-state index in [0.717, 1.165) is 6.42 Å². The van der Waals surface area contributed by atoms with E-state index in [1.807, 2.05) is 13.8 Å². The highest BCUT2D eigenvalue weighted by atomic mass is 32.2. The van der Waals surface area contributed by atoms with Crippen LogP contribution in [0.5, 0.6) is 0 Å². The topological polar surface area (TPSA) is 71.4 Å². The van der Waals surface area contributed by atoms with Gasteiger partial charge in [0, 0.05) is 5.92 Å². The van der Waals surface area contributed by atoms with E-state index in [4.69, 9.17) is 4.55 Å². The van der Waals surface area contributed by atoms with Crippen LogP contribution in [0.25, 0.3) is 0 Å². The van der Waals surface area contributed by atoms with Gasteiger partial charge in [-0.15, -0.1) is 0 Å². The van der Waals surface area contributed by atoms with Crippen LogP contribution in [0.1, 0.15) is 26.7 Å². The number of rotatable bonds is 1. The van der Waals surface area contributed by atoms with Gasteiger partial charge in [0.15, 0.2) is 5.78 Å². The van der Waals surface area contributed by atoms with Crippen LogP contribution in [0, 0.1) is 17.3 Å². The van der Waals surface area contributed by atoms with Crippen molar-refractivity contribution in [3.05, 3.63) is 0 Å². The molecule has 1 N–H and O–H groups in total. The Bertz CT molecular complexity index is 382. The monoisotopic (exact) mass is 218 g/mol. The van der Waals surface area contributed by atoms with Gasteiger partial charge in [-0.05, 0) is 24.2 Å². The second-order valence-electron chi connectivity index (χ2n) is 4.95. The zero-order valence-electron chi connectivity index (χ0n) is 8.23. The average Bonchev–Trinajstić information content (AvgIpc) is 2.01. The molecule has 0 amide bonds. The molecular weight excluding hydrogens is 204 g/mol. The molecule has 2 bridgehead atoms. The average molecular weight is 218 g/mol. The van der Waals surface area contributed by atoms with E-state index in [9.17, 15) is 13.2 Å². The Morgan fingerprint density at radius 3 is 2.29 bits per heavy atom. The fourth-order valence-corrected chi connectivity index (χ4v) is 3.70. The summed E-state index contributed by atoms with van der Waals surface area (Å²) in [6.07, 6.45) is 1.08. The molecule has 0 aromatic carbocycles. The number of Topliss-reactive ketones (excluding diaryl/α,β-unsaturated/α-hetero) is 1. The lowest BCUT2D eigenvalue weighted by atomic mass is 9.48. The van der Waals surface area contributed by atoms with E-state index in [1.165, 1.54) is 0 Å². The number of carbonyl (C=O) groups is 1. The zero-order valence-corrected chi connectivity index (χ0v) is 9.04. The molecule has 3 aliphatic carbocycles. The van der Waals surface area contributed by atoms with Gasteiger partial charge in [-0.1, -0.05) is 13.8 Å². The van der Waals surface area contributed by atoms with E-state index in [1.54, 1.807) is 0 Å². The van der Waals surface area contributed by atoms with Crippen molar-refractivity contribution in [2.24, 2.45) is 17.3 Å². The fourth-order valence-electron chi connectivity index (χ4n) is 2.77. The summed E-state index contributed by atoms with van der Waals surface area (Å²) in [6.45, 7) is 3.98. The third kappa shape index (κ3) is 1.15. The molecule has 5 heteroatoms. The first-order valence-electron chi connectivity index (χ1n) is 4.74. The lowest BCUT2D eigenvalue weighted by Gasteiger charge is -2.56. The predicted octanol–water partition coefficient (Wildman–Crippen LogP) is 0.878. The fraction of sp³-hybridized carbons (Fsp3) is 0.889. The third-order valence-electron chi connectivity index (χ3n) is 3.99. The van der Waals surface area contributed by atoms with E-state index < -0.39 is 15.4 Å². The number of carbonyl (C=O) groups excluding carboxylic acids is 1. The Morgan fingerprint density at radius 1 is 1.36 bits per heavy atom. The Morgan fingerprint density at radius 2 is 1.93 bits per heavy atom. The highest BCUT2D eigenvalue weighted by Gasteiger charge is 2.60. The van der Waals surface area contributed by atoms with Crippen molar-refractivity contribution >= 4 is 15.9 Å². The van der Waals surface area contributed by atoms with Crippen molar-refractivity contribution in [1.29, 1.82) is 0 Å². The smallest absolute Gasteiger partial charge is 0.275 e. The summed E-state index contributed by atoms with van der Waals surface area (Å²) >= 11 is 0. The number of hydrogen-bond acceptors (Lipinski definition) is 3. The maximum absolute atomic E-state index is 11.7. The Kier molecular flexibility index (Phi) is 1.86. The Labute approximate surface area is 83.4 Å². The van der Waals surface area contributed by atoms with E-state index in [0.29, 0.717) is 6.42 Å². The van der Waals surface area contributed by atoms with Gasteiger partial charge in [-0.3, -0.25) is 9.35 Å². The normalized spacial score (nSPS) is 40.5. The van der Waals surface area contributed by atoms with Gasteiger partial charge in [-0.25, -0.2) is 0 Å². The van der Waals surface area contributed by atoms with Crippen LogP contribution >= 0.6 is 0 Å². The van der Waals surface area contributed by atoms with Crippen LogP contribution in [-0.2, 0) is 14.9 Å². The minimum atomic E-state index is -4.18. The highest BCUT2D eigenvalue weighted by Crippen LogP contribution is 2.58. The summed E-state index contributed by atoms with van der Waals surface area (Å²) in [4.78, 5) is 11.7. The molecule has 0 saturated heterocycles. The molecule has 0 aliphatic heterocycles. The van der Waals surface area contributed by atoms with Crippen LogP contribution in [0.2, 0.25) is 0 Å². The van der Waals surface area contributed by atoms with Crippen molar-refractivity contribution in [3.8, 4) is 0 Å². The van der Waals surface area contributed by atoms with Crippen molar-refractivity contribution in [2.75, 3.05) is 0 Å². The van der Waals surface area contributed by atoms with Gasteiger partial charge < -0.3 is 0 Å². The molecule has 3 aliphatic rings. The molecule has 0 heterocycles. The van der Waals surface area contributed by atoms with Gasteiger partial charge in [0.25, 0.3) is 10.1 Å². The minimum absolute atomic E-state index is 0.0712. The third-order valence-corrected chi connectivity index (χ3v) is 5.13. The number of fused-ring (bicyclic) bond motifs is 2. The molecule has 0 spiro atoms. The first kappa shape index (κ1) is 10.1. The van der Waals surface area contributed by atoms with Crippen LogP contribution in [0.15, 0.2) is 0 Å². The molecule has 3 rings (SSSR count). The first-order valence-corrected chi connectivity index (χ1v) is 6.25. The minimum Gasteiger partial charge on any atom is -0.298 e. The van der Waals surface area contributed by atoms with Crippen LogP contribution in [0.4, 0.5) is 0 Å². The lowest BCUT2D eigenvalue weighted by molar-refractivity contribution is -0.147. The SMILES string of the molecule is CC1(C)[C@H]2C[C@@H](S(=O)(=O)O)C(=O)[C@@H]1C2. The largest absolute Gasteiger partial charge is 0.298 e. The van der Waals surface area contributed by atoms with E-state index >= 15 is 0 Å². The van der Waals surface area contributed by atoms with Crippen LogP contribution in [0.3, 0.4) is 0 Å². The molecule has 4 nitrogen and oxygen atoms in total. The van der Waals surface area contributed by atoms with Gasteiger partial charge in [0.1, 0.15) is 5.25 Å². The highest BCUT2D eigenvalue weighted by molar-refractivity contribution is 7.87. The van der Waals surface area contributed by atoms with Crippen LogP contribution < -0.4 is 0 Å². The summed E-state index contributed by atoms with van der Waals surface area (Å²) in [7, 11) is -4.18. The Hall–Kier alpha value is -0.420. The molecule has 0 aromatic heterocycles. The molecule has 0 aromatic rings. The summed E-state index contributed by atoms with van der Waals surface area (Å²) in [5, 5.41) is -1.15. The second-order valence-corrected chi connectivity index (χ2v) is 6.55. The quantitative estimate of drug-likeness (QED) is 0.663.